The predicted octanol–water partition coefficient (Wildman–Crippen LogP) is 3.27. The normalized spacial score (nSPS) is 13.7. The standard InChI is InChI=1S/C20H24N6/c1-12-10-13(2)24-20-18(12)19(22-11-23-20)21-9-8-17-25-14(3)15-6-4-5-7-16(15)26-17/h10-11H,4-9H2,1-3H3,(H,21,22,23,24). The molecule has 1 aliphatic rings. The summed E-state index contributed by atoms with van der Waals surface area (Å²) in [4.78, 5) is 22.7. The van der Waals surface area contributed by atoms with Crippen LogP contribution >= 0.6 is 0 Å². The minimum atomic E-state index is 0.734. The van der Waals surface area contributed by atoms with Gasteiger partial charge in [-0.15, -0.1) is 0 Å². The van der Waals surface area contributed by atoms with Crippen molar-refractivity contribution in [1.82, 2.24) is 24.9 Å². The molecular weight excluding hydrogens is 324 g/mol. The third-order valence-electron chi connectivity index (χ3n) is 5.01. The molecule has 0 bridgehead atoms. The number of aromatic nitrogens is 5. The third kappa shape index (κ3) is 3.23. The number of aryl methyl sites for hydroxylation is 4. The highest BCUT2D eigenvalue weighted by molar-refractivity contribution is 5.89. The Morgan fingerprint density at radius 3 is 2.73 bits per heavy atom. The average molecular weight is 348 g/mol. The maximum absolute atomic E-state index is 4.80. The van der Waals surface area contributed by atoms with Crippen LogP contribution in [0, 0.1) is 20.8 Å². The molecular formula is C20H24N6. The van der Waals surface area contributed by atoms with E-state index in [1.54, 1.807) is 6.33 Å². The molecule has 6 heteroatoms. The van der Waals surface area contributed by atoms with Gasteiger partial charge in [0.15, 0.2) is 5.65 Å². The van der Waals surface area contributed by atoms with Crippen LogP contribution in [-0.4, -0.2) is 31.5 Å². The zero-order chi connectivity index (χ0) is 18.1. The molecule has 26 heavy (non-hydrogen) atoms. The molecule has 0 amide bonds. The van der Waals surface area contributed by atoms with Crippen molar-refractivity contribution in [3.63, 3.8) is 0 Å². The van der Waals surface area contributed by atoms with Crippen molar-refractivity contribution in [3.05, 3.63) is 46.4 Å². The summed E-state index contributed by atoms with van der Waals surface area (Å²) in [6.07, 6.45) is 7.04. The first-order valence-electron chi connectivity index (χ1n) is 9.30. The molecule has 3 aromatic heterocycles. The van der Waals surface area contributed by atoms with Gasteiger partial charge in [0.25, 0.3) is 0 Å². The Balaban J connectivity index is 1.52. The quantitative estimate of drug-likeness (QED) is 0.780. The van der Waals surface area contributed by atoms with Gasteiger partial charge in [0.1, 0.15) is 18.0 Å². The number of nitrogens with one attached hydrogen (secondary N) is 1. The van der Waals surface area contributed by atoms with E-state index in [2.05, 4.69) is 40.2 Å². The molecule has 0 aromatic carbocycles. The van der Waals surface area contributed by atoms with Gasteiger partial charge in [-0.05, 0) is 63.6 Å². The number of hydrogen-bond acceptors (Lipinski definition) is 6. The monoisotopic (exact) mass is 348 g/mol. The van der Waals surface area contributed by atoms with Crippen LogP contribution in [0.4, 0.5) is 5.82 Å². The van der Waals surface area contributed by atoms with E-state index in [1.807, 2.05) is 6.92 Å². The highest BCUT2D eigenvalue weighted by Gasteiger charge is 2.15. The minimum Gasteiger partial charge on any atom is -0.369 e. The minimum absolute atomic E-state index is 0.734. The zero-order valence-corrected chi connectivity index (χ0v) is 15.6. The van der Waals surface area contributed by atoms with Crippen LogP contribution in [-0.2, 0) is 19.3 Å². The van der Waals surface area contributed by atoms with E-state index >= 15 is 0 Å². The topological polar surface area (TPSA) is 76.5 Å². The van der Waals surface area contributed by atoms with E-state index in [9.17, 15) is 0 Å². The molecule has 1 aliphatic carbocycles. The third-order valence-corrected chi connectivity index (χ3v) is 5.01. The van der Waals surface area contributed by atoms with E-state index in [0.29, 0.717) is 0 Å². The second-order valence-corrected chi connectivity index (χ2v) is 7.04. The molecule has 0 spiro atoms. The maximum Gasteiger partial charge on any atom is 0.165 e. The second-order valence-electron chi connectivity index (χ2n) is 7.04. The van der Waals surface area contributed by atoms with Gasteiger partial charge in [-0.2, -0.15) is 0 Å². The van der Waals surface area contributed by atoms with Gasteiger partial charge < -0.3 is 5.32 Å². The number of nitrogens with zero attached hydrogens (tertiary/aromatic N) is 5. The fourth-order valence-electron chi connectivity index (χ4n) is 3.79. The maximum atomic E-state index is 4.80. The summed E-state index contributed by atoms with van der Waals surface area (Å²) in [6.45, 7) is 6.90. The van der Waals surface area contributed by atoms with Gasteiger partial charge in [0.05, 0.1) is 5.39 Å². The molecule has 0 fully saturated rings. The first-order valence-corrected chi connectivity index (χ1v) is 9.30. The summed E-state index contributed by atoms with van der Waals surface area (Å²) in [7, 11) is 0. The molecule has 1 N–H and O–H groups in total. The highest BCUT2D eigenvalue weighted by atomic mass is 15.0. The van der Waals surface area contributed by atoms with Crippen LogP contribution in [0.2, 0.25) is 0 Å². The molecule has 0 saturated carbocycles. The summed E-state index contributed by atoms with van der Waals surface area (Å²) in [5.41, 5.74) is 6.61. The number of rotatable bonds is 4. The van der Waals surface area contributed by atoms with Crippen LogP contribution in [0.15, 0.2) is 12.4 Å². The van der Waals surface area contributed by atoms with Crippen molar-refractivity contribution in [2.24, 2.45) is 0 Å². The van der Waals surface area contributed by atoms with Crippen molar-refractivity contribution in [2.45, 2.75) is 52.9 Å². The lowest BCUT2D eigenvalue weighted by atomic mass is 9.95. The molecule has 134 valence electrons. The van der Waals surface area contributed by atoms with Crippen LogP contribution < -0.4 is 5.32 Å². The SMILES string of the molecule is Cc1cc(C)c2c(NCCc3nc(C)c4c(n3)CCCC4)ncnc2n1. The second kappa shape index (κ2) is 6.94. The van der Waals surface area contributed by atoms with E-state index < -0.39 is 0 Å². The first-order chi connectivity index (χ1) is 12.6. The van der Waals surface area contributed by atoms with Crippen molar-refractivity contribution < 1.29 is 0 Å². The van der Waals surface area contributed by atoms with Crippen LogP contribution in [0.1, 0.15) is 46.9 Å². The van der Waals surface area contributed by atoms with E-state index in [4.69, 9.17) is 9.97 Å². The summed E-state index contributed by atoms with van der Waals surface area (Å²) >= 11 is 0. The Bertz CT molecular complexity index is 966. The lowest BCUT2D eigenvalue weighted by Gasteiger charge is -2.17. The van der Waals surface area contributed by atoms with Gasteiger partial charge in [0.2, 0.25) is 0 Å². The molecule has 6 nitrogen and oxygen atoms in total. The lowest BCUT2D eigenvalue weighted by molar-refractivity contribution is 0.647. The Kier molecular flexibility index (Phi) is 4.49. The lowest BCUT2D eigenvalue weighted by Crippen LogP contribution is -2.15. The number of pyridine rings is 1. The van der Waals surface area contributed by atoms with Crippen LogP contribution in [0.25, 0.3) is 11.0 Å². The fraction of sp³-hybridized carbons (Fsp3) is 0.450. The van der Waals surface area contributed by atoms with Crippen molar-refractivity contribution in [1.29, 1.82) is 0 Å². The Hall–Kier alpha value is -2.63. The summed E-state index contributed by atoms with van der Waals surface area (Å²) < 4.78 is 0. The highest BCUT2D eigenvalue weighted by Crippen LogP contribution is 2.23. The molecule has 4 rings (SSSR count). The zero-order valence-electron chi connectivity index (χ0n) is 15.6. The van der Waals surface area contributed by atoms with Crippen molar-refractivity contribution in [2.75, 3.05) is 11.9 Å². The molecule has 0 atom stereocenters. The van der Waals surface area contributed by atoms with Gasteiger partial charge in [-0.1, -0.05) is 0 Å². The van der Waals surface area contributed by atoms with Gasteiger partial charge >= 0.3 is 0 Å². The molecule has 3 heterocycles. The summed E-state index contributed by atoms with van der Waals surface area (Å²) in [6, 6.07) is 2.06. The van der Waals surface area contributed by atoms with Crippen LogP contribution in [0.3, 0.4) is 0 Å². The van der Waals surface area contributed by atoms with Gasteiger partial charge in [0, 0.05) is 30.0 Å². The van der Waals surface area contributed by atoms with Crippen LogP contribution in [0.5, 0.6) is 0 Å². The molecule has 3 aromatic rings. The number of fused-ring (bicyclic) bond motifs is 2. The molecule has 0 saturated heterocycles. The predicted molar refractivity (Wildman–Crippen MR) is 102 cm³/mol. The molecule has 0 radical (unpaired) electrons. The Labute approximate surface area is 153 Å². The number of anilines is 1. The fourth-order valence-corrected chi connectivity index (χ4v) is 3.79. The summed E-state index contributed by atoms with van der Waals surface area (Å²) in [5, 5.41) is 4.41. The van der Waals surface area contributed by atoms with Gasteiger partial charge in [-0.3, -0.25) is 0 Å². The molecule has 0 unspecified atom stereocenters. The largest absolute Gasteiger partial charge is 0.369 e. The van der Waals surface area contributed by atoms with Gasteiger partial charge in [-0.25, -0.2) is 24.9 Å². The smallest absolute Gasteiger partial charge is 0.165 e. The Morgan fingerprint density at radius 1 is 1.00 bits per heavy atom. The average Bonchev–Trinajstić information content (AvgIpc) is 2.61. The Morgan fingerprint density at radius 2 is 1.85 bits per heavy atom. The van der Waals surface area contributed by atoms with E-state index in [-0.39, 0.29) is 0 Å². The van der Waals surface area contributed by atoms with Crippen molar-refractivity contribution in [3.8, 4) is 0 Å². The first kappa shape index (κ1) is 16.8. The number of hydrogen-bond donors (Lipinski definition) is 1. The summed E-state index contributed by atoms with van der Waals surface area (Å²) in [5.74, 6) is 1.74. The van der Waals surface area contributed by atoms with Crippen molar-refractivity contribution >= 4 is 16.9 Å². The molecule has 0 aliphatic heterocycles. The van der Waals surface area contributed by atoms with E-state index in [1.165, 1.54) is 24.1 Å². The van der Waals surface area contributed by atoms with E-state index in [0.717, 1.165) is 65.4 Å².